The number of benzene rings is 2. The molecule has 0 aliphatic rings. The lowest BCUT2D eigenvalue weighted by atomic mass is 10.2. The molecule has 0 spiro atoms. The van der Waals surface area contributed by atoms with E-state index in [9.17, 15) is 12.8 Å². The number of methoxy groups -OCH3 is 1. The highest BCUT2D eigenvalue weighted by Gasteiger charge is 2.17. The van der Waals surface area contributed by atoms with E-state index >= 15 is 0 Å². The first kappa shape index (κ1) is 20.5. The van der Waals surface area contributed by atoms with Crippen molar-refractivity contribution in [2.45, 2.75) is 18.2 Å². The molecule has 2 aromatic heterocycles. The van der Waals surface area contributed by atoms with Crippen molar-refractivity contribution in [3.63, 3.8) is 0 Å². The second kappa shape index (κ2) is 8.13. The Morgan fingerprint density at radius 2 is 1.83 bits per heavy atom. The van der Waals surface area contributed by atoms with E-state index in [2.05, 4.69) is 14.8 Å². The van der Waals surface area contributed by atoms with E-state index in [-0.39, 0.29) is 17.3 Å². The number of thiazole rings is 1. The van der Waals surface area contributed by atoms with Crippen LogP contribution in [0.3, 0.4) is 0 Å². The molecule has 7 nitrogen and oxygen atoms in total. The van der Waals surface area contributed by atoms with Crippen LogP contribution in [0.5, 0.6) is 5.75 Å². The van der Waals surface area contributed by atoms with E-state index in [1.165, 1.54) is 42.7 Å². The van der Waals surface area contributed by atoms with Crippen LogP contribution in [-0.2, 0) is 16.4 Å². The molecule has 0 radical (unpaired) electrons. The summed E-state index contributed by atoms with van der Waals surface area (Å²) in [6.45, 7) is 2.17. The molecule has 4 rings (SSSR count). The Bertz CT molecular complexity index is 1280. The van der Waals surface area contributed by atoms with Crippen LogP contribution < -0.4 is 9.46 Å². The zero-order valence-electron chi connectivity index (χ0n) is 16.3. The molecule has 10 heteroatoms. The summed E-state index contributed by atoms with van der Waals surface area (Å²) < 4.78 is 47.4. The summed E-state index contributed by atoms with van der Waals surface area (Å²) in [5.41, 5.74) is 1.64. The largest absolute Gasteiger partial charge is 0.497 e. The summed E-state index contributed by atoms with van der Waals surface area (Å²) in [5.74, 6) is 0.811. The number of nitrogens with one attached hydrogen (secondary N) is 1. The molecule has 0 aliphatic heterocycles. The average molecular weight is 447 g/mol. The molecule has 0 unspecified atom stereocenters. The number of halogens is 1. The van der Waals surface area contributed by atoms with Gasteiger partial charge in [-0.3, -0.25) is 0 Å². The van der Waals surface area contributed by atoms with E-state index in [1.54, 1.807) is 28.8 Å². The van der Waals surface area contributed by atoms with Crippen LogP contribution in [0.1, 0.15) is 10.6 Å². The predicted octanol–water partition coefficient (Wildman–Crippen LogP) is 3.43. The van der Waals surface area contributed by atoms with Gasteiger partial charge in [-0.05, 0) is 61.9 Å². The van der Waals surface area contributed by atoms with Crippen molar-refractivity contribution in [2.24, 2.45) is 0 Å². The minimum Gasteiger partial charge on any atom is -0.497 e. The molecule has 156 valence electrons. The van der Waals surface area contributed by atoms with Gasteiger partial charge in [0.25, 0.3) is 0 Å². The zero-order chi connectivity index (χ0) is 21.3. The lowest BCUT2D eigenvalue weighted by Gasteiger charge is -2.07. The van der Waals surface area contributed by atoms with Crippen molar-refractivity contribution in [3.05, 3.63) is 64.9 Å². The standard InChI is InChI=1S/C20H19FN4O3S2/c1-13-18(11-12-22-30(26,27)17-9-7-16(28-2)8-10-17)29-20-23-19(24-25(13)20)14-3-5-15(21)6-4-14/h3-10,22H,11-12H2,1-2H3. The number of aromatic nitrogens is 3. The van der Waals surface area contributed by atoms with Gasteiger partial charge in [0, 0.05) is 17.0 Å². The molecule has 0 bridgehead atoms. The summed E-state index contributed by atoms with van der Waals surface area (Å²) in [4.78, 5) is 6.40. The first-order valence-electron chi connectivity index (χ1n) is 9.12. The third-order valence-electron chi connectivity index (χ3n) is 4.63. The molecule has 30 heavy (non-hydrogen) atoms. The molecule has 0 saturated carbocycles. The average Bonchev–Trinajstić information content (AvgIpc) is 3.28. The highest BCUT2D eigenvalue weighted by molar-refractivity contribution is 7.89. The molecule has 0 amide bonds. The fraction of sp³-hybridized carbons (Fsp3) is 0.200. The van der Waals surface area contributed by atoms with Gasteiger partial charge in [0.05, 0.1) is 17.7 Å². The van der Waals surface area contributed by atoms with Gasteiger partial charge in [-0.2, -0.15) is 4.98 Å². The second-order valence-corrected chi connectivity index (χ2v) is 9.40. The number of rotatable bonds is 7. The molecule has 0 saturated heterocycles. The van der Waals surface area contributed by atoms with Gasteiger partial charge in [-0.15, -0.1) is 5.10 Å². The smallest absolute Gasteiger partial charge is 0.240 e. The number of sulfonamides is 1. The summed E-state index contributed by atoms with van der Waals surface area (Å²) >= 11 is 1.46. The first-order valence-corrected chi connectivity index (χ1v) is 11.4. The topological polar surface area (TPSA) is 85.6 Å². The molecular weight excluding hydrogens is 427 g/mol. The number of fused-ring (bicyclic) bond motifs is 1. The molecule has 2 heterocycles. The Morgan fingerprint density at radius 1 is 1.13 bits per heavy atom. The van der Waals surface area contributed by atoms with E-state index < -0.39 is 10.0 Å². The van der Waals surface area contributed by atoms with Crippen molar-refractivity contribution >= 4 is 26.3 Å². The Hall–Kier alpha value is -2.82. The second-order valence-electron chi connectivity index (χ2n) is 6.57. The third-order valence-corrected chi connectivity index (χ3v) is 7.30. The van der Waals surface area contributed by atoms with Crippen molar-refractivity contribution in [2.75, 3.05) is 13.7 Å². The van der Waals surface area contributed by atoms with Crippen LogP contribution in [0.25, 0.3) is 16.3 Å². The van der Waals surface area contributed by atoms with Gasteiger partial charge in [0.2, 0.25) is 15.0 Å². The van der Waals surface area contributed by atoms with E-state index in [0.29, 0.717) is 23.0 Å². The minimum absolute atomic E-state index is 0.187. The Morgan fingerprint density at radius 3 is 2.47 bits per heavy atom. The minimum atomic E-state index is -3.60. The van der Waals surface area contributed by atoms with Gasteiger partial charge in [0.1, 0.15) is 11.6 Å². The third kappa shape index (κ3) is 4.07. The number of hydrogen-bond acceptors (Lipinski definition) is 6. The molecular formula is C20H19FN4O3S2. The quantitative estimate of drug-likeness (QED) is 0.470. The SMILES string of the molecule is COc1ccc(S(=O)(=O)NCCc2sc3nc(-c4ccc(F)cc4)nn3c2C)cc1. The fourth-order valence-electron chi connectivity index (χ4n) is 2.97. The van der Waals surface area contributed by atoms with Gasteiger partial charge in [-0.25, -0.2) is 22.0 Å². The van der Waals surface area contributed by atoms with Gasteiger partial charge >= 0.3 is 0 Å². The summed E-state index contributed by atoms with van der Waals surface area (Å²) in [6.07, 6.45) is 0.517. The van der Waals surface area contributed by atoms with Crippen LogP contribution in [-0.4, -0.2) is 36.7 Å². The number of aryl methyl sites for hydroxylation is 1. The van der Waals surface area contributed by atoms with Crippen LogP contribution in [0, 0.1) is 12.7 Å². The van der Waals surface area contributed by atoms with Gasteiger partial charge < -0.3 is 4.74 Å². The van der Waals surface area contributed by atoms with E-state index in [4.69, 9.17) is 4.74 Å². The number of hydrogen-bond donors (Lipinski definition) is 1. The monoisotopic (exact) mass is 446 g/mol. The maximum absolute atomic E-state index is 13.1. The lowest BCUT2D eigenvalue weighted by Crippen LogP contribution is -2.26. The van der Waals surface area contributed by atoms with Crippen LogP contribution >= 0.6 is 11.3 Å². The van der Waals surface area contributed by atoms with Crippen LogP contribution in [0.4, 0.5) is 4.39 Å². The highest BCUT2D eigenvalue weighted by atomic mass is 32.2. The predicted molar refractivity (Wildman–Crippen MR) is 113 cm³/mol. The maximum Gasteiger partial charge on any atom is 0.240 e. The summed E-state index contributed by atoms with van der Waals surface area (Å²) in [5, 5.41) is 4.50. The zero-order valence-corrected chi connectivity index (χ0v) is 17.9. The Balaban J connectivity index is 1.45. The van der Waals surface area contributed by atoms with Crippen LogP contribution in [0.2, 0.25) is 0 Å². The van der Waals surface area contributed by atoms with Crippen molar-refractivity contribution in [3.8, 4) is 17.1 Å². The fourth-order valence-corrected chi connectivity index (χ4v) is 5.06. The maximum atomic E-state index is 13.1. The van der Waals surface area contributed by atoms with Crippen LogP contribution in [0.15, 0.2) is 53.4 Å². The van der Waals surface area contributed by atoms with Crippen molar-refractivity contribution in [1.29, 1.82) is 0 Å². The van der Waals surface area contributed by atoms with Gasteiger partial charge in [-0.1, -0.05) is 11.3 Å². The van der Waals surface area contributed by atoms with Crippen molar-refractivity contribution in [1.82, 2.24) is 19.3 Å². The normalized spacial score (nSPS) is 11.8. The van der Waals surface area contributed by atoms with Crippen molar-refractivity contribution < 1.29 is 17.5 Å². The summed E-state index contributed by atoms with van der Waals surface area (Å²) in [7, 11) is -2.07. The molecule has 0 aliphatic carbocycles. The van der Waals surface area contributed by atoms with E-state index in [0.717, 1.165) is 16.1 Å². The molecule has 2 aromatic carbocycles. The molecule has 1 N–H and O–H groups in total. The molecule has 4 aromatic rings. The number of ether oxygens (including phenoxy) is 1. The van der Waals surface area contributed by atoms with Gasteiger partial charge in [0.15, 0.2) is 5.82 Å². The lowest BCUT2D eigenvalue weighted by molar-refractivity contribution is 0.414. The first-order chi connectivity index (χ1) is 14.4. The Labute approximate surface area is 177 Å². The Kier molecular flexibility index (Phi) is 5.54. The van der Waals surface area contributed by atoms with E-state index in [1.807, 2.05) is 6.92 Å². The molecule has 0 fully saturated rings. The summed E-state index contributed by atoms with van der Waals surface area (Å²) in [6, 6.07) is 12.3. The highest BCUT2D eigenvalue weighted by Crippen LogP contribution is 2.25. The molecule has 0 atom stereocenters. The number of nitrogens with zero attached hydrogens (tertiary/aromatic N) is 3.